The summed E-state index contributed by atoms with van der Waals surface area (Å²) >= 11 is 5.95. The molecule has 5 nitrogen and oxygen atoms in total. The van der Waals surface area contributed by atoms with Crippen LogP contribution in [-0.2, 0) is 0 Å². The number of methoxy groups -OCH3 is 1. The Morgan fingerprint density at radius 2 is 1.80 bits per heavy atom. The number of H-pyrrole nitrogens is 1. The first kappa shape index (κ1) is 14.4. The summed E-state index contributed by atoms with van der Waals surface area (Å²) in [4.78, 5) is 26.9. The Kier molecular flexibility index (Phi) is 3.99. The lowest BCUT2D eigenvalue weighted by molar-refractivity contribution is 0.414. The zero-order chi connectivity index (χ0) is 14.9. The monoisotopic (exact) mass is 294 g/mol. The molecule has 20 heavy (non-hydrogen) atoms. The smallest absolute Gasteiger partial charge is 0.334 e. The van der Waals surface area contributed by atoms with E-state index >= 15 is 0 Å². The van der Waals surface area contributed by atoms with Crippen molar-refractivity contribution in [2.24, 2.45) is 0 Å². The average Bonchev–Trinajstić information content (AvgIpc) is 2.38. The molecule has 1 heterocycles. The molecule has 0 saturated carbocycles. The summed E-state index contributed by atoms with van der Waals surface area (Å²) in [7, 11) is 1.55. The number of aromatic amines is 1. The molecule has 0 saturated heterocycles. The van der Waals surface area contributed by atoms with Crippen LogP contribution < -0.4 is 16.0 Å². The summed E-state index contributed by atoms with van der Waals surface area (Å²) in [6, 6.07) is 6.66. The van der Waals surface area contributed by atoms with E-state index in [1.807, 2.05) is 13.8 Å². The van der Waals surface area contributed by atoms with Crippen molar-refractivity contribution in [1.82, 2.24) is 9.55 Å². The lowest BCUT2D eigenvalue weighted by Gasteiger charge is -2.11. The maximum absolute atomic E-state index is 12.4. The van der Waals surface area contributed by atoms with E-state index in [9.17, 15) is 9.59 Å². The van der Waals surface area contributed by atoms with Gasteiger partial charge in [-0.25, -0.2) is 9.36 Å². The highest BCUT2D eigenvalue weighted by molar-refractivity contribution is 6.30. The third-order valence-electron chi connectivity index (χ3n) is 3.00. The summed E-state index contributed by atoms with van der Waals surface area (Å²) in [5.41, 5.74) is -0.105. The van der Waals surface area contributed by atoms with Crippen molar-refractivity contribution >= 4 is 11.6 Å². The highest BCUT2D eigenvalue weighted by Gasteiger charge is 2.16. The van der Waals surface area contributed by atoms with E-state index in [0.717, 1.165) is 4.57 Å². The molecular weight excluding hydrogens is 280 g/mol. The van der Waals surface area contributed by atoms with Gasteiger partial charge in [0, 0.05) is 0 Å². The zero-order valence-corrected chi connectivity index (χ0v) is 12.2. The number of nitrogens with zero attached hydrogens (tertiary/aromatic N) is 1. The van der Waals surface area contributed by atoms with Gasteiger partial charge in [0.2, 0.25) is 0 Å². The second-order valence-corrected chi connectivity index (χ2v) is 5.03. The summed E-state index contributed by atoms with van der Waals surface area (Å²) in [5, 5.41) is 0.0970. The second-order valence-electron chi connectivity index (χ2n) is 4.65. The van der Waals surface area contributed by atoms with Crippen LogP contribution in [0.25, 0.3) is 5.69 Å². The van der Waals surface area contributed by atoms with Crippen molar-refractivity contribution in [3.05, 3.63) is 55.8 Å². The Morgan fingerprint density at radius 1 is 1.20 bits per heavy atom. The number of benzene rings is 1. The van der Waals surface area contributed by atoms with Crippen LogP contribution in [0.15, 0.2) is 33.9 Å². The van der Waals surface area contributed by atoms with Gasteiger partial charge in [-0.1, -0.05) is 25.4 Å². The number of ether oxygens (including phenoxy) is 1. The van der Waals surface area contributed by atoms with Crippen LogP contribution in [0.3, 0.4) is 0 Å². The highest BCUT2D eigenvalue weighted by Crippen LogP contribution is 2.18. The molecule has 2 aromatic rings. The predicted molar refractivity (Wildman–Crippen MR) is 78.3 cm³/mol. The summed E-state index contributed by atoms with van der Waals surface area (Å²) in [6.45, 7) is 3.69. The number of nitrogens with one attached hydrogen (secondary N) is 1. The van der Waals surface area contributed by atoms with Gasteiger partial charge < -0.3 is 4.74 Å². The topological polar surface area (TPSA) is 64.1 Å². The van der Waals surface area contributed by atoms with E-state index in [2.05, 4.69) is 4.98 Å². The molecule has 0 fully saturated rings. The molecule has 106 valence electrons. The lowest BCUT2D eigenvalue weighted by Crippen LogP contribution is -2.36. The number of hydrogen-bond donors (Lipinski definition) is 1. The fourth-order valence-electron chi connectivity index (χ4n) is 1.99. The van der Waals surface area contributed by atoms with Crippen LogP contribution >= 0.6 is 11.6 Å². The van der Waals surface area contributed by atoms with Crippen LogP contribution in [0.1, 0.15) is 25.3 Å². The van der Waals surface area contributed by atoms with Gasteiger partial charge in [0.15, 0.2) is 0 Å². The molecule has 6 heteroatoms. The Balaban J connectivity index is 2.70. The molecule has 0 unspecified atom stereocenters. The van der Waals surface area contributed by atoms with Gasteiger partial charge in [0.1, 0.15) is 10.9 Å². The minimum Gasteiger partial charge on any atom is -0.497 e. The molecule has 0 aliphatic heterocycles. The van der Waals surface area contributed by atoms with Crippen molar-refractivity contribution < 1.29 is 4.74 Å². The second kappa shape index (κ2) is 5.54. The van der Waals surface area contributed by atoms with Crippen molar-refractivity contribution in [2.45, 2.75) is 19.8 Å². The lowest BCUT2D eigenvalue weighted by atomic mass is 10.1. The fourth-order valence-corrected chi connectivity index (χ4v) is 2.37. The van der Waals surface area contributed by atoms with Gasteiger partial charge >= 0.3 is 5.69 Å². The maximum Gasteiger partial charge on any atom is 0.334 e. The first-order valence-corrected chi connectivity index (χ1v) is 6.52. The first-order valence-electron chi connectivity index (χ1n) is 6.15. The van der Waals surface area contributed by atoms with Gasteiger partial charge in [-0.15, -0.1) is 0 Å². The molecule has 1 aromatic heterocycles. The van der Waals surface area contributed by atoms with Crippen LogP contribution in [0.5, 0.6) is 5.75 Å². The quantitative estimate of drug-likeness (QED) is 0.884. The molecular formula is C14H15ClN2O3. The number of rotatable bonds is 3. The van der Waals surface area contributed by atoms with Gasteiger partial charge in [-0.3, -0.25) is 9.78 Å². The minimum absolute atomic E-state index is 0.0867. The number of halogens is 1. The van der Waals surface area contributed by atoms with Gasteiger partial charge in [-0.05, 0) is 30.2 Å². The highest BCUT2D eigenvalue weighted by atomic mass is 35.5. The van der Waals surface area contributed by atoms with Crippen LogP contribution in [0, 0.1) is 0 Å². The largest absolute Gasteiger partial charge is 0.497 e. The fraction of sp³-hybridized carbons (Fsp3) is 0.286. The van der Waals surface area contributed by atoms with Gasteiger partial charge in [-0.2, -0.15) is 0 Å². The molecule has 1 N–H and O–H groups in total. The van der Waals surface area contributed by atoms with E-state index in [0.29, 0.717) is 17.0 Å². The van der Waals surface area contributed by atoms with Crippen molar-refractivity contribution in [1.29, 1.82) is 0 Å². The third-order valence-corrected chi connectivity index (χ3v) is 3.30. The molecule has 0 radical (unpaired) electrons. The SMILES string of the molecule is COc1ccc(-n2c(=O)[nH]c(Cl)c(C(C)C)c2=O)cc1. The molecule has 2 rings (SSSR count). The number of aromatic nitrogens is 2. The molecule has 0 amide bonds. The first-order chi connectivity index (χ1) is 9.45. The van der Waals surface area contributed by atoms with E-state index in [4.69, 9.17) is 16.3 Å². The van der Waals surface area contributed by atoms with Crippen LogP contribution in [0.4, 0.5) is 0 Å². The molecule has 0 atom stereocenters. The Bertz CT molecular complexity index is 730. The molecule has 0 bridgehead atoms. The Hall–Kier alpha value is -2.01. The summed E-state index contributed by atoms with van der Waals surface area (Å²) in [6.07, 6.45) is 0. The zero-order valence-electron chi connectivity index (χ0n) is 11.4. The Labute approximate surface area is 120 Å². The molecule has 0 aliphatic carbocycles. The molecule has 0 spiro atoms. The minimum atomic E-state index is -0.561. The van der Waals surface area contributed by atoms with Crippen molar-refractivity contribution in [3.63, 3.8) is 0 Å². The third kappa shape index (κ3) is 2.49. The molecule has 0 aliphatic rings. The number of hydrogen-bond acceptors (Lipinski definition) is 3. The van der Waals surface area contributed by atoms with Crippen molar-refractivity contribution in [2.75, 3.05) is 7.11 Å². The summed E-state index contributed by atoms with van der Waals surface area (Å²) in [5.74, 6) is 0.563. The van der Waals surface area contributed by atoms with Crippen LogP contribution in [0.2, 0.25) is 5.15 Å². The van der Waals surface area contributed by atoms with E-state index < -0.39 is 11.2 Å². The maximum atomic E-state index is 12.4. The van der Waals surface area contributed by atoms with Gasteiger partial charge in [0.05, 0.1) is 18.4 Å². The summed E-state index contributed by atoms with van der Waals surface area (Å²) < 4.78 is 6.12. The predicted octanol–water partition coefficient (Wildman–Crippen LogP) is 2.31. The normalized spacial score (nSPS) is 10.8. The Morgan fingerprint density at radius 3 is 2.30 bits per heavy atom. The standard InChI is InChI=1S/C14H15ClN2O3/c1-8(2)11-12(15)16-14(19)17(13(11)18)9-4-6-10(20-3)7-5-9/h4-8H,1-3H3,(H,16,19). The van der Waals surface area contributed by atoms with Crippen molar-refractivity contribution in [3.8, 4) is 11.4 Å². The van der Waals surface area contributed by atoms with E-state index in [-0.39, 0.29) is 11.1 Å². The van der Waals surface area contributed by atoms with E-state index in [1.165, 1.54) is 0 Å². The molecule has 1 aromatic carbocycles. The van der Waals surface area contributed by atoms with E-state index in [1.54, 1.807) is 31.4 Å². The van der Waals surface area contributed by atoms with Gasteiger partial charge in [0.25, 0.3) is 5.56 Å². The van der Waals surface area contributed by atoms with Crippen LogP contribution in [-0.4, -0.2) is 16.7 Å². The average molecular weight is 295 g/mol.